The Bertz CT molecular complexity index is 464. The Kier molecular flexibility index (Phi) is 6.34. The first-order valence-corrected chi connectivity index (χ1v) is 7.93. The van der Waals surface area contributed by atoms with Gasteiger partial charge in [-0.3, -0.25) is 4.98 Å². The number of hydrogen-bond acceptors (Lipinski definition) is 5. The summed E-state index contributed by atoms with van der Waals surface area (Å²) in [4.78, 5) is 9.59. The van der Waals surface area contributed by atoms with Crippen LogP contribution in [0.3, 0.4) is 0 Å². The molecule has 0 aromatic carbocycles. The van der Waals surface area contributed by atoms with Crippen molar-refractivity contribution in [2.24, 2.45) is 11.1 Å². The van der Waals surface area contributed by atoms with Gasteiger partial charge in [0.15, 0.2) is 5.79 Å². The molecule has 0 aliphatic carbocycles. The summed E-state index contributed by atoms with van der Waals surface area (Å²) in [7, 11) is 0. The first-order chi connectivity index (χ1) is 10.6. The molecule has 0 spiro atoms. The molecule has 5 heteroatoms. The average Bonchev–Trinajstić information content (AvgIpc) is 2.52. The van der Waals surface area contributed by atoms with E-state index in [9.17, 15) is 0 Å². The van der Waals surface area contributed by atoms with E-state index in [1.54, 1.807) is 6.20 Å². The van der Waals surface area contributed by atoms with E-state index in [0.717, 1.165) is 43.9 Å². The minimum Gasteiger partial charge on any atom is -0.396 e. The van der Waals surface area contributed by atoms with Crippen molar-refractivity contribution in [3.05, 3.63) is 30.1 Å². The molecular weight excluding hydrogens is 280 g/mol. The predicted molar refractivity (Wildman–Crippen MR) is 85.7 cm³/mol. The fourth-order valence-electron chi connectivity index (χ4n) is 2.26. The molecule has 2 heterocycles. The highest BCUT2D eigenvalue weighted by atomic mass is 16.7. The lowest BCUT2D eigenvalue weighted by atomic mass is 10.0. The molecule has 0 radical (unpaired) electrons. The molecule has 122 valence electrons. The summed E-state index contributed by atoms with van der Waals surface area (Å²) in [6, 6.07) is 5.75. The highest BCUT2D eigenvalue weighted by molar-refractivity contribution is 5.96. The van der Waals surface area contributed by atoms with E-state index >= 15 is 0 Å². The number of ether oxygens (including phenoxy) is 2. The van der Waals surface area contributed by atoms with Gasteiger partial charge in [-0.15, -0.1) is 0 Å². The summed E-state index contributed by atoms with van der Waals surface area (Å²) in [6.45, 7) is 8.01. The molecule has 0 bridgehead atoms. The van der Waals surface area contributed by atoms with E-state index in [1.807, 2.05) is 39.0 Å². The fourth-order valence-corrected chi connectivity index (χ4v) is 2.26. The maximum absolute atomic E-state index is 5.65. The maximum Gasteiger partial charge on any atom is 0.162 e. The second-order valence-corrected chi connectivity index (χ2v) is 6.11. The normalized spacial score (nSPS) is 19.1. The summed E-state index contributed by atoms with van der Waals surface area (Å²) in [6.07, 6.45) is 4.93. The maximum atomic E-state index is 5.65. The lowest BCUT2D eigenvalue weighted by Gasteiger charge is -2.34. The van der Waals surface area contributed by atoms with Crippen molar-refractivity contribution in [1.82, 2.24) is 4.98 Å². The molecule has 0 amide bonds. The topological polar surface area (TPSA) is 52.9 Å². The number of hydrogen-bond donors (Lipinski definition) is 0. The summed E-state index contributed by atoms with van der Waals surface area (Å²) in [5, 5.41) is 4.10. The van der Waals surface area contributed by atoms with Crippen molar-refractivity contribution in [1.29, 1.82) is 0 Å². The van der Waals surface area contributed by atoms with Crippen molar-refractivity contribution in [3.8, 4) is 0 Å². The second-order valence-electron chi connectivity index (χ2n) is 6.11. The zero-order valence-corrected chi connectivity index (χ0v) is 13.7. The first kappa shape index (κ1) is 16.9. The van der Waals surface area contributed by atoms with E-state index in [4.69, 9.17) is 14.3 Å². The van der Waals surface area contributed by atoms with Crippen molar-refractivity contribution < 1.29 is 14.3 Å². The van der Waals surface area contributed by atoms with Gasteiger partial charge < -0.3 is 14.3 Å². The number of unbranched alkanes of at least 4 members (excludes halogenated alkanes) is 1. The smallest absolute Gasteiger partial charge is 0.162 e. The van der Waals surface area contributed by atoms with E-state index in [-0.39, 0.29) is 0 Å². The van der Waals surface area contributed by atoms with Crippen LogP contribution in [0.4, 0.5) is 0 Å². The van der Waals surface area contributed by atoms with Crippen LogP contribution >= 0.6 is 0 Å². The number of rotatable bonds is 7. The minimum absolute atomic E-state index is 0.419. The van der Waals surface area contributed by atoms with Crippen LogP contribution in [0.1, 0.15) is 45.7 Å². The van der Waals surface area contributed by atoms with Gasteiger partial charge in [-0.25, -0.2) is 0 Å². The zero-order chi connectivity index (χ0) is 15.8. The highest BCUT2D eigenvalue weighted by Crippen LogP contribution is 2.23. The van der Waals surface area contributed by atoms with E-state index < -0.39 is 5.79 Å². The van der Waals surface area contributed by atoms with Crippen molar-refractivity contribution in [3.63, 3.8) is 0 Å². The molecule has 1 aliphatic rings. The van der Waals surface area contributed by atoms with Crippen LogP contribution in [0.5, 0.6) is 0 Å². The van der Waals surface area contributed by atoms with Gasteiger partial charge in [0.25, 0.3) is 0 Å². The summed E-state index contributed by atoms with van der Waals surface area (Å²) < 4.78 is 11.3. The van der Waals surface area contributed by atoms with E-state index in [2.05, 4.69) is 10.1 Å². The van der Waals surface area contributed by atoms with Crippen LogP contribution in [-0.2, 0) is 14.3 Å². The SMILES string of the molecule is CC(=NOCCCCC1COC(C)(C)OC1)c1ccccn1. The van der Waals surface area contributed by atoms with Crippen molar-refractivity contribution >= 4 is 5.71 Å². The molecule has 1 saturated heterocycles. The van der Waals surface area contributed by atoms with Gasteiger partial charge in [0, 0.05) is 12.1 Å². The zero-order valence-electron chi connectivity index (χ0n) is 13.7. The van der Waals surface area contributed by atoms with Gasteiger partial charge in [0.1, 0.15) is 12.3 Å². The monoisotopic (exact) mass is 306 g/mol. The fraction of sp³-hybridized carbons (Fsp3) is 0.647. The average molecular weight is 306 g/mol. The summed E-state index contributed by atoms with van der Waals surface area (Å²) in [5.74, 6) is 0.0731. The van der Waals surface area contributed by atoms with Crippen LogP contribution < -0.4 is 0 Å². The van der Waals surface area contributed by atoms with Gasteiger partial charge in [-0.1, -0.05) is 11.2 Å². The van der Waals surface area contributed by atoms with Gasteiger partial charge in [-0.05, 0) is 52.2 Å². The van der Waals surface area contributed by atoms with Crippen LogP contribution in [0.15, 0.2) is 29.6 Å². The molecule has 5 nitrogen and oxygen atoms in total. The Morgan fingerprint density at radius 3 is 2.77 bits per heavy atom. The molecule has 1 aromatic rings. The van der Waals surface area contributed by atoms with Crippen molar-refractivity contribution in [2.45, 2.75) is 45.8 Å². The predicted octanol–water partition coefficient (Wildman–Crippen LogP) is 3.39. The molecule has 0 saturated carbocycles. The van der Waals surface area contributed by atoms with Crippen LogP contribution in [0, 0.1) is 5.92 Å². The third-order valence-electron chi connectivity index (χ3n) is 3.67. The highest BCUT2D eigenvalue weighted by Gasteiger charge is 2.27. The molecular formula is C17H26N2O3. The lowest BCUT2D eigenvalue weighted by molar-refractivity contribution is -0.262. The Morgan fingerprint density at radius 2 is 2.09 bits per heavy atom. The number of nitrogens with zero attached hydrogens (tertiary/aromatic N) is 2. The minimum atomic E-state index is -0.419. The van der Waals surface area contributed by atoms with Gasteiger partial charge in [-0.2, -0.15) is 0 Å². The Morgan fingerprint density at radius 1 is 1.32 bits per heavy atom. The van der Waals surface area contributed by atoms with Crippen LogP contribution in [-0.4, -0.2) is 36.3 Å². The Balaban J connectivity index is 1.56. The summed E-state index contributed by atoms with van der Waals surface area (Å²) in [5.41, 5.74) is 1.65. The molecule has 1 aliphatic heterocycles. The largest absolute Gasteiger partial charge is 0.396 e. The van der Waals surface area contributed by atoms with E-state index in [1.165, 1.54) is 0 Å². The quantitative estimate of drug-likeness (QED) is 0.440. The molecule has 22 heavy (non-hydrogen) atoms. The second kappa shape index (κ2) is 8.25. The van der Waals surface area contributed by atoms with Crippen molar-refractivity contribution in [2.75, 3.05) is 19.8 Å². The molecule has 0 N–H and O–H groups in total. The molecule has 1 aromatic heterocycles. The molecule has 2 rings (SSSR count). The number of pyridine rings is 1. The Labute approximate surface area is 132 Å². The molecule has 1 fully saturated rings. The van der Waals surface area contributed by atoms with Crippen LogP contribution in [0.2, 0.25) is 0 Å². The molecule has 0 atom stereocenters. The van der Waals surface area contributed by atoms with Gasteiger partial charge in [0.05, 0.1) is 18.9 Å². The lowest BCUT2D eigenvalue weighted by Crippen LogP contribution is -2.39. The van der Waals surface area contributed by atoms with Gasteiger partial charge >= 0.3 is 0 Å². The summed E-state index contributed by atoms with van der Waals surface area (Å²) >= 11 is 0. The number of aromatic nitrogens is 1. The third-order valence-corrected chi connectivity index (χ3v) is 3.67. The molecule has 0 unspecified atom stereocenters. The van der Waals surface area contributed by atoms with E-state index in [0.29, 0.717) is 12.5 Å². The number of oxime groups is 1. The van der Waals surface area contributed by atoms with Gasteiger partial charge in [0.2, 0.25) is 0 Å². The third kappa shape index (κ3) is 5.73. The standard InChI is InChI=1S/C17H26N2O3/c1-14(16-9-4-6-10-18-16)19-22-11-7-5-8-15-12-20-17(2,3)21-13-15/h4,6,9-10,15H,5,7-8,11-13H2,1-3H3. The Hall–Kier alpha value is -1.46. The first-order valence-electron chi connectivity index (χ1n) is 7.93. The van der Waals surface area contributed by atoms with Crippen LogP contribution in [0.25, 0.3) is 0 Å².